The summed E-state index contributed by atoms with van der Waals surface area (Å²) in [5, 5.41) is 43.7. The quantitative estimate of drug-likeness (QED) is 0.0749. The molecule has 3 fully saturated rings. The highest BCUT2D eigenvalue weighted by atomic mass is 32.1. The number of hydrogen-bond acceptors (Lipinski definition) is 8. The van der Waals surface area contributed by atoms with E-state index in [9.17, 15) is 29.7 Å². The topological polar surface area (TPSA) is 151 Å². The summed E-state index contributed by atoms with van der Waals surface area (Å²) in [6, 6.07) is 23.1. The molecular weight excluding hydrogens is 713 g/mol. The largest absolute Gasteiger partial charge is 0.481 e. The molecule has 4 heterocycles. The van der Waals surface area contributed by atoms with E-state index in [1.54, 1.807) is 11.3 Å². The van der Waals surface area contributed by atoms with Crippen LogP contribution in [0.2, 0.25) is 0 Å². The number of hydrogen-bond donors (Lipinski definition) is 6. The number of carboxylic acid groups (broad SMARTS) is 3. The number of carbonyl (C=O) groups is 3. The first-order valence-electron chi connectivity index (χ1n) is 19.9. The van der Waals surface area contributed by atoms with Crippen molar-refractivity contribution < 1.29 is 29.7 Å². The lowest BCUT2D eigenvalue weighted by atomic mass is 9.86. The van der Waals surface area contributed by atoms with Crippen molar-refractivity contribution in [3.05, 3.63) is 105 Å². The summed E-state index contributed by atoms with van der Waals surface area (Å²) in [6.45, 7) is 6.72. The summed E-state index contributed by atoms with van der Waals surface area (Å²) < 4.78 is 1.17. The first-order chi connectivity index (χ1) is 26.7. The Labute approximate surface area is 327 Å². The fraction of sp³-hybridized carbons (Fsp3) is 0.477. The van der Waals surface area contributed by atoms with E-state index in [0.29, 0.717) is 38.9 Å². The molecule has 6 N–H and O–H groups in total. The minimum atomic E-state index is -0.742. The highest BCUT2D eigenvalue weighted by Crippen LogP contribution is 2.32. The van der Waals surface area contributed by atoms with Gasteiger partial charge in [-0.3, -0.25) is 19.3 Å². The fourth-order valence-corrected chi connectivity index (χ4v) is 10.1. The number of nitrogens with one attached hydrogen (secondary N) is 3. The van der Waals surface area contributed by atoms with Gasteiger partial charge in [0.1, 0.15) is 0 Å². The average molecular weight is 767 g/mol. The van der Waals surface area contributed by atoms with Gasteiger partial charge >= 0.3 is 17.9 Å². The molecule has 0 radical (unpaired) electrons. The third-order valence-corrected chi connectivity index (χ3v) is 13.2. The van der Waals surface area contributed by atoms with E-state index < -0.39 is 35.7 Å². The number of benzene rings is 3. The van der Waals surface area contributed by atoms with Crippen LogP contribution < -0.4 is 16.0 Å². The maximum absolute atomic E-state index is 12.3. The lowest BCUT2D eigenvalue weighted by molar-refractivity contribution is -0.144. The van der Waals surface area contributed by atoms with Gasteiger partial charge in [-0.25, -0.2) is 0 Å². The first kappa shape index (κ1) is 39.1. The van der Waals surface area contributed by atoms with Gasteiger partial charge in [-0.1, -0.05) is 54.6 Å². The number of thiophene rings is 1. The van der Waals surface area contributed by atoms with Crippen LogP contribution in [0.4, 0.5) is 0 Å². The van der Waals surface area contributed by atoms with Crippen molar-refractivity contribution in [3.63, 3.8) is 0 Å². The summed E-state index contributed by atoms with van der Waals surface area (Å²) >= 11 is 1.70. The van der Waals surface area contributed by atoms with Crippen LogP contribution >= 0.6 is 11.3 Å². The molecule has 1 aromatic heterocycles. The zero-order valence-corrected chi connectivity index (χ0v) is 32.2. The maximum atomic E-state index is 12.3. The predicted octanol–water partition coefficient (Wildman–Crippen LogP) is 5.66. The molecule has 10 nitrogen and oxygen atoms in total. The Bertz CT molecular complexity index is 1870. The van der Waals surface area contributed by atoms with Crippen LogP contribution in [0.15, 0.2) is 72.1 Å². The molecule has 3 aliphatic heterocycles. The van der Waals surface area contributed by atoms with Crippen LogP contribution in [0.1, 0.15) is 52.6 Å². The van der Waals surface area contributed by atoms with Crippen molar-refractivity contribution in [2.24, 2.45) is 35.5 Å². The molecule has 6 atom stereocenters. The van der Waals surface area contributed by atoms with Gasteiger partial charge in [0.05, 0.1) is 17.8 Å². The van der Waals surface area contributed by atoms with E-state index in [4.69, 9.17) is 0 Å². The van der Waals surface area contributed by atoms with Gasteiger partial charge in [-0.2, -0.15) is 0 Å². The Balaban J connectivity index is 1.15. The highest BCUT2D eigenvalue weighted by molar-refractivity contribution is 7.17. The molecule has 3 aromatic carbocycles. The van der Waals surface area contributed by atoms with E-state index >= 15 is 0 Å². The van der Waals surface area contributed by atoms with E-state index in [0.717, 1.165) is 91.7 Å². The molecular formula is C44H54N4O6S. The van der Waals surface area contributed by atoms with Gasteiger partial charge in [0.2, 0.25) is 0 Å². The van der Waals surface area contributed by atoms with Gasteiger partial charge in [0, 0.05) is 24.3 Å². The van der Waals surface area contributed by atoms with Gasteiger partial charge in [0.25, 0.3) is 0 Å². The smallest absolute Gasteiger partial charge is 0.307 e. The number of rotatable bonds is 18. The second kappa shape index (κ2) is 18.2. The van der Waals surface area contributed by atoms with Crippen LogP contribution in [0.25, 0.3) is 10.1 Å². The lowest BCUT2D eigenvalue weighted by Crippen LogP contribution is -2.27. The Kier molecular flexibility index (Phi) is 13.0. The van der Waals surface area contributed by atoms with Gasteiger partial charge in [-0.05, 0) is 152 Å². The molecule has 0 saturated carbocycles. The second-order valence-corrected chi connectivity index (χ2v) is 17.0. The van der Waals surface area contributed by atoms with Gasteiger partial charge in [-0.15, -0.1) is 11.3 Å². The minimum Gasteiger partial charge on any atom is -0.481 e. The van der Waals surface area contributed by atoms with Crippen LogP contribution in [0, 0.1) is 35.5 Å². The molecule has 292 valence electrons. The number of fused-ring (bicyclic) bond motifs is 1. The SMILES string of the molecule is O=C(O)[C@@H](Cc1cccc(CN(Cc2cccc(C[C@H](C(=O)O)[C@H]3CCNC3)c2)Cc2csc3ccc(C[C@H](C(=O)O)[C@H]4CCNC4)cc23)c1)[C@H]1CCNC1. The molecule has 55 heavy (non-hydrogen) atoms. The summed E-state index contributed by atoms with van der Waals surface area (Å²) in [6.07, 6.45) is 4.11. The first-order valence-corrected chi connectivity index (χ1v) is 20.8. The van der Waals surface area contributed by atoms with Gasteiger partial charge in [0.15, 0.2) is 0 Å². The molecule has 0 unspecified atom stereocenters. The average Bonchev–Trinajstić information content (AvgIpc) is 4.01. The van der Waals surface area contributed by atoms with Crippen molar-refractivity contribution in [1.29, 1.82) is 0 Å². The summed E-state index contributed by atoms with van der Waals surface area (Å²) in [4.78, 5) is 39.4. The van der Waals surface area contributed by atoms with Crippen molar-refractivity contribution in [2.75, 3.05) is 39.3 Å². The zero-order valence-electron chi connectivity index (χ0n) is 31.4. The number of aliphatic carboxylic acids is 3. The van der Waals surface area contributed by atoms with Gasteiger partial charge < -0.3 is 31.3 Å². The lowest BCUT2D eigenvalue weighted by Gasteiger charge is -2.24. The summed E-state index contributed by atoms with van der Waals surface area (Å²) in [5.41, 5.74) is 6.48. The fourth-order valence-electron chi connectivity index (χ4n) is 9.20. The third-order valence-electron chi connectivity index (χ3n) is 12.2. The molecule has 3 saturated heterocycles. The molecule has 3 aliphatic rings. The molecule has 4 aromatic rings. The van der Waals surface area contributed by atoms with Crippen molar-refractivity contribution in [1.82, 2.24) is 20.9 Å². The number of carboxylic acids is 3. The molecule has 0 bridgehead atoms. The van der Waals surface area contributed by atoms with E-state index in [2.05, 4.69) is 68.7 Å². The molecule has 0 amide bonds. The minimum absolute atomic E-state index is 0.118. The van der Waals surface area contributed by atoms with E-state index in [1.807, 2.05) is 24.3 Å². The Hall–Kier alpha value is -4.13. The standard InChI is InChI=1S/C44H54N4O6S/c49-42(50)38(33-9-12-45-21-33)18-28-3-1-5-31(15-28)24-48(25-32-6-2-4-29(16-32)19-39(43(51)52)34-10-13-46-22-34)26-36-27-55-41-8-7-30(17-37(36)41)20-40(44(53)54)35-11-14-47-23-35/h1-8,15-17,27,33-35,38-40,45-47H,9-14,18-26H2,(H,49,50)(H,51,52)(H,53,54)/t33-,34-,35-,38-,39-,40-/m0/s1. The Morgan fingerprint density at radius 3 is 1.45 bits per heavy atom. The van der Waals surface area contributed by atoms with E-state index in [-0.39, 0.29) is 17.8 Å². The van der Waals surface area contributed by atoms with Crippen LogP contribution in [0.3, 0.4) is 0 Å². The number of nitrogens with zero attached hydrogens (tertiary/aromatic N) is 1. The van der Waals surface area contributed by atoms with Crippen molar-refractivity contribution in [2.45, 2.75) is 58.2 Å². The summed E-state index contributed by atoms with van der Waals surface area (Å²) in [5.74, 6) is -3.16. The second-order valence-electron chi connectivity index (χ2n) is 16.1. The predicted molar refractivity (Wildman–Crippen MR) is 215 cm³/mol. The van der Waals surface area contributed by atoms with Crippen molar-refractivity contribution in [3.8, 4) is 0 Å². The van der Waals surface area contributed by atoms with Crippen LogP contribution in [0.5, 0.6) is 0 Å². The normalized spacial score (nSPS) is 21.6. The molecule has 7 rings (SSSR count). The zero-order chi connectivity index (χ0) is 38.3. The van der Waals surface area contributed by atoms with Crippen LogP contribution in [-0.2, 0) is 53.3 Å². The Morgan fingerprint density at radius 1 is 0.600 bits per heavy atom. The summed E-state index contributed by atoms with van der Waals surface area (Å²) in [7, 11) is 0. The highest BCUT2D eigenvalue weighted by Gasteiger charge is 2.33. The van der Waals surface area contributed by atoms with Crippen molar-refractivity contribution >= 4 is 39.3 Å². The molecule has 0 aliphatic carbocycles. The molecule has 11 heteroatoms. The van der Waals surface area contributed by atoms with E-state index in [1.165, 1.54) is 10.3 Å². The maximum Gasteiger partial charge on any atom is 0.307 e. The third kappa shape index (κ3) is 10.0. The Morgan fingerprint density at radius 2 is 1.04 bits per heavy atom. The monoisotopic (exact) mass is 766 g/mol. The molecule has 0 spiro atoms. The van der Waals surface area contributed by atoms with Crippen LogP contribution in [-0.4, -0.2) is 77.4 Å².